The van der Waals surface area contributed by atoms with Gasteiger partial charge in [0.05, 0.1) is 0 Å². The molecule has 0 spiro atoms. The van der Waals surface area contributed by atoms with E-state index < -0.39 is 11.8 Å². The minimum absolute atomic E-state index is 0.108. The number of aryl methyl sites for hydroxylation is 1. The maximum absolute atomic E-state index is 12.1. The number of benzene rings is 2. The van der Waals surface area contributed by atoms with Gasteiger partial charge in [0.2, 0.25) is 5.91 Å². The number of carbonyl (C=O) groups is 3. The van der Waals surface area contributed by atoms with Gasteiger partial charge in [-0.25, -0.2) is 0 Å². The van der Waals surface area contributed by atoms with E-state index in [2.05, 4.69) is 30.0 Å². The summed E-state index contributed by atoms with van der Waals surface area (Å²) in [6.45, 7) is 7.60. The molecule has 0 unspecified atom stereocenters. The van der Waals surface area contributed by atoms with Gasteiger partial charge in [-0.05, 0) is 54.3 Å². The molecule has 0 bridgehead atoms. The van der Waals surface area contributed by atoms with Gasteiger partial charge in [-0.2, -0.15) is 0 Å². The van der Waals surface area contributed by atoms with Crippen molar-refractivity contribution in [3.05, 3.63) is 59.2 Å². The molecule has 2 rings (SSSR count). The Hall–Kier alpha value is -3.35. The number of carbonyl (C=O) groups excluding carboxylic acids is 3. The van der Waals surface area contributed by atoms with Crippen molar-refractivity contribution in [3.8, 4) is 5.75 Å². The third-order valence-electron chi connectivity index (χ3n) is 4.22. The summed E-state index contributed by atoms with van der Waals surface area (Å²) >= 11 is 0. The Morgan fingerprint density at radius 1 is 0.966 bits per heavy atom. The van der Waals surface area contributed by atoms with Crippen molar-refractivity contribution in [2.45, 2.75) is 40.0 Å². The van der Waals surface area contributed by atoms with Crippen LogP contribution in [0.25, 0.3) is 0 Å². The molecular formula is C22H27N3O4. The van der Waals surface area contributed by atoms with E-state index in [1.807, 2.05) is 25.1 Å². The Morgan fingerprint density at radius 3 is 2.28 bits per heavy atom. The molecule has 3 amide bonds. The molecule has 0 aromatic heterocycles. The standard InChI is InChI=1S/C22H27N3O4/c1-5-20(26)23-17-9-7-16(8-10-17)22(28)25-24-21(27)13-29-19-12-15(4)6-11-18(19)14(2)3/h6-12,14H,5,13H2,1-4H3,(H,23,26)(H,24,27)(H,25,28). The van der Waals surface area contributed by atoms with Gasteiger partial charge in [-0.1, -0.05) is 32.9 Å². The highest BCUT2D eigenvalue weighted by Crippen LogP contribution is 2.27. The van der Waals surface area contributed by atoms with E-state index in [1.165, 1.54) is 0 Å². The number of anilines is 1. The summed E-state index contributed by atoms with van der Waals surface area (Å²) < 4.78 is 5.64. The first-order chi connectivity index (χ1) is 13.8. The lowest BCUT2D eigenvalue weighted by Gasteiger charge is -2.15. The summed E-state index contributed by atoms with van der Waals surface area (Å²) in [5, 5.41) is 2.70. The molecule has 7 nitrogen and oxygen atoms in total. The lowest BCUT2D eigenvalue weighted by atomic mass is 10.0. The van der Waals surface area contributed by atoms with Crippen LogP contribution >= 0.6 is 0 Å². The normalized spacial score (nSPS) is 10.4. The molecule has 7 heteroatoms. The molecule has 0 atom stereocenters. The second-order valence-corrected chi connectivity index (χ2v) is 6.97. The minimum atomic E-state index is -0.471. The molecule has 0 saturated carbocycles. The van der Waals surface area contributed by atoms with Crippen LogP contribution in [0, 0.1) is 6.92 Å². The van der Waals surface area contributed by atoms with Crippen molar-refractivity contribution >= 4 is 23.4 Å². The summed E-state index contributed by atoms with van der Waals surface area (Å²) in [7, 11) is 0. The average Bonchev–Trinajstić information content (AvgIpc) is 2.70. The predicted molar refractivity (Wildman–Crippen MR) is 112 cm³/mol. The number of ether oxygens (including phenoxy) is 1. The van der Waals surface area contributed by atoms with Crippen LogP contribution in [0.15, 0.2) is 42.5 Å². The molecule has 0 aliphatic heterocycles. The van der Waals surface area contributed by atoms with E-state index in [1.54, 1.807) is 31.2 Å². The summed E-state index contributed by atoms with van der Waals surface area (Å²) in [4.78, 5) is 35.5. The average molecular weight is 397 g/mol. The fourth-order valence-corrected chi connectivity index (χ4v) is 2.58. The van der Waals surface area contributed by atoms with Crippen LogP contribution in [0.3, 0.4) is 0 Å². The molecule has 0 saturated heterocycles. The Morgan fingerprint density at radius 2 is 1.66 bits per heavy atom. The summed E-state index contributed by atoms with van der Waals surface area (Å²) in [6.07, 6.45) is 0.373. The lowest BCUT2D eigenvalue weighted by molar-refractivity contribution is -0.123. The quantitative estimate of drug-likeness (QED) is 0.625. The molecule has 0 aliphatic rings. The van der Waals surface area contributed by atoms with E-state index in [4.69, 9.17) is 4.74 Å². The zero-order valence-electron chi connectivity index (χ0n) is 17.2. The van der Waals surface area contributed by atoms with E-state index in [-0.39, 0.29) is 18.4 Å². The second-order valence-electron chi connectivity index (χ2n) is 6.97. The SMILES string of the molecule is CCC(=O)Nc1ccc(C(=O)NNC(=O)COc2cc(C)ccc2C(C)C)cc1. The highest BCUT2D eigenvalue weighted by Gasteiger charge is 2.12. The molecule has 0 heterocycles. The lowest BCUT2D eigenvalue weighted by Crippen LogP contribution is -2.43. The van der Waals surface area contributed by atoms with E-state index in [9.17, 15) is 14.4 Å². The fourth-order valence-electron chi connectivity index (χ4n) is 2.58. The Kier molecular flexibility index (Phi) is 7.77. The zero-order chi connectivity index (χ0) is 21.4. The van der Waals surface area contributed by atoms with E-state index >= 15 is 0 Å². The van der Waals surface area contributed by atoms with Crippen molar-refractivity contribution in [3.63, 3.8) is 0 Å². The van der Waals surface area contributed by atoms with Crippen molar-refractivity contribution in [2.75, 3.05) is 11.9 Å². The maximum Gasteiger partial charge on any atom is 0.276 e. The molecule has 3 N–H and O–H groups in total. The molecule has 0 radical (unpaired) electrons. The van der Waals surface area contributed by atoms with E-state index in [0.29, 0.717) is 23.4 Å². The summed E-state index contributed by atoms with van der Waals surface area (Å²) in [5.74, 6) is -0.125. The van der Waals surface area contributed by atoms with Crippen LogP contribution in [0.5, 0.6) is 5.75 Å². The van der Waals surface area contributed by atoms with Crippen LogP contribution in [0.1, 0.15) is 54.6 Å². The van der Waals surface area contributed by atoms with Crippen LogP contribution in [-0.4, -0.2) is 24.3 Å². The second kappa shape index (κ2) is 10.3. The molecule has 154 valence electrons. The molecule has 0 aliphatic carbocycles. The topological polar surface area (TPSA) is 96.5 Å². The number of hydrogen-bond acceptors (Lipinski definition) is 4. The van der Waals surface area contributed by atoms with Crippen LogP contribution in [-0.2, 0) is 9.59 Å². The number of amides is 3. The minimum Gasteiger partial charge on any atom is -0.483 e. The van der Waals surface area contributed by atoms with Crippen LogP contribution in [0.4, 0.5) is 5.69 Å². The molecule has 29 heavy (non-hydrogen) atoms. The largest absolute Gasteiger partial charge is 0.483 e. The van der Waals surface area contributed by atoms with Gasteiger partial charge >= 0.3 is 0 Å². The Balaban J connectivity index is 1.85. The first-order valence-electron chi connectivity index (χ1n) is 9.52. The predicted octanol–water partition coefficient (Wildman–Crippen LogP) is 3.31. The van der Waals surface area contributed by atoms with Crippen molar-refractivity contribution in [2.24, 2.45) is 0 Å². The Labute approximate surface area is 170 Å². The number of hydrazine groups is 1. The van der Waals surface area contributed by atoms with Crippen LogP contribution in [0.2, 0.25) is 0 Å². The highest BCUT2D eigenvalue weighted by molar-refractivity contribution is 5.96. The van der Waals surface area contributed by atoms with Crippen molar-refractivity contribution in [1.82, 2.24) is 10.9 Å². The first kappa shape index (κ1) is 21.9. The van der Waals surface area contributed by atoms with Gasteiger partial charge in [0.15, 0.2) is 6.61 Å². The molecule has 0 fully saturated rings. The monoisotopic (exact) mass is 397 g/mol. The molecular weight excluding hydrogens is 370 g/mol. The van der Waals surface area contributed by atoms with Gasteiger partial charge in [0.25, 0.3) is 11.8 Å². The van der Waals surface area contributed by atoms with Gasteiger partial charge in [-0.3, -0.25) is 25.2 Å². The third-order valence-corrected chi connectivity index (χ3v) is 4.22. The van der Waals surface area contributed by atoms with Gasteiger partial charge in [0, 0.05) is 17.7 Å². The van der Waals surface area contributed by atoms with Gasteiger partial charge in [-0.15, -0.1) is 0 Å². The van der Waals surface area contributed by atoms with Gasteiger partial charge in [0.1, 0.15) is 5.75 Å². The zero-order valence-corrected chi connectivity index (χ0v) is 17.2. The highest BCUT2D eigenvalue weighted by atomic mass is 16.5. The molecule has 2 aromatic carbocycles. The number of rotatable bonds is 7. The Bertz CT molecular complexity index is 876. The van der Waals surface area contributed by atoms with Crippen molar-refractivity contribution in [1.29, 1.82) is 0 Å². The molecule has 2 aromatic rings. The smallest absolute Gasteiger partial charge is 0.276 e. The maximum atomic E-state index is 12.1. The summed E-state index contributed by atoms with van der Waals surface area (Å²) in [5.41, 5.74) is 7.69. The number of hydrogen-bond donors (Lipinski definition) is 3. The first-order valence-corrected chi connectivity index (χ1v) is 9.52. The summed E-state index contributed by atoms with van der Waals surface area (Å²) in [6, 6.07) is 12.2. The number of nitrogens with one attached hydrogen (secondary N) is 3. The fraction of sp³-hybridized carbons (Fsp3) is 0.318. The van der Waals surface area contributed by atoms with Crippen molar-refractivity contribution < 1.29 is 19.1 Å². The van der Waals surface area contributed by atoms with Crippen LogP contribution < -0.4 is 20.9 Å². The van der Waals surface area contributed by atoms with Gasteiger partial charge < -0.3 is 10.1 Å². The van der Waals surface area contributed by atoms with E-state index in [0.717, 1.165) is 11.1 Å². The third kappa shape index (κ3) is 6.64.